The number of amides is 1. The number of hydrogen-bond donors (Lipinski definition) is 1. The number of aromatic nitrogens is 1. The number of hydrogen-bond acceptors (Lipinski definition) is 4. The van der Waals surface area contributed by atoms with Crippen molar-refractivity contribution in [3.05, 3.63) is 35.9 Å². The summed E-state index contributed by atoms with van der Waals surface area (Å²) in [7, 11) is 5.06. The number of nitrogens with zero attached hydrogens (tertiary/aromatic N) is 3. The third kappa shape index (κ3) is 3.10. The van der Waals surface area contributed by atoms with E-state index in [4.69, 9.17) is 0 Å². The third-order valence-corrected chi connectivity index (χ3v) is 3.20. The van der Waals surface area contributed by atoms with E-state index in [2.05, 4.69) is 4.98 Å². The number of carbonyl (C=O) groups excluding carboxylic acids is 1. The second kappa shape index (κ2) is 5.78. The summed E-state index contributed by atoms with van der Waals surface area (Å²) in [5, 5.41) is 9.92. The zero-order chi connectivity index (χ0) is 15.6. The lowest BCUT2D eigenvalue weighted by Crippen LogP contribution is -2.34. The maximum absolute atomic E-state index is 11.7. The van der Waals surface area contributed by atoms with E-state index in [-0.39, 0.29) is 18.0 Å². The Bertz CT molecular complexity index is 698. The van der Waals surface area contributed by atoms with Gasteiger partial charge in [-0.25, -0.2) is 9.78 Å². The standard InChI is InChI=1S/C15H17N3O3/c1-17(2)14(19)9-18(3)13-8-11(15(20)21)10-6-4-5-7-12(10)16-13/h4-8H,9H2,1-3H3,(H,20,21). The number of aromatic carboxylic acids is 1. The van der Waals surface area contributed by atoms with Gasteiger partial charge in [-0.1, -0.05) is 18.2 Å². The molecule has 0 saturated carbocycles. The molecule has 2 rings (SSSR count). The van der Waals surface area contributed by atoms with Crippen LogP contribution < -0.4 is 4.90 Å². The number of benzene rings is 1. The number of pyridine rings is 1. The van der Waals surface area contributed by atoms with Crippen LogP contribution in [0.2, 0.25) is 0 Å². The summed E-state index contributed by atoms with van der Waals surface area (Å²) in [4.78, 5) is 30.7. The van der Waals surface area contributed by atoms with E-state index >= 15 is 0 Å². The van der Waals surface area contributed by atoms with Crippen LogP contribution in [0.4, 0.5) is 5.82 Å². The highest BCUT2D eigenvalue weighted by Crippen LogP contribution is 2.22. The molecule has 0 saturated heterocycles. The van der Waals surface area contributed by atoms with E-state index in [0.717, 1.165) is 0 Å². The molecule has 2 aromatic rings. The fourth-order valence-corrected chi connectivity index (χ4v) is 1.96. The molecule has 110 valence electrons. The van der Waals surface area contributed by atoms with Crippen LogP contribution in [0.5, 0.6) is 0 Å². The van der Waals surface area contributed by atoms with Crippen molar-refractivity contribution in [2.24, 2.45) is 0 Å². The van der Waals surface area contributed by atoms with E-state index < -0.39 is 5.97 Å². The van der Waals surface area contributed by atoms with Gasteiger partial charge in [0.1, 0.15) is 5.82 Å². The maximum Gasteiger partial charge on any atom is 0.336 e. The van der Waals surface area contributed by atoms with E-state index in [1.807, 2.05) is 0 Å². The minimum absolute atomic E-state index is 0.0793. The van der Waals surface area contributed by atoms with Gasteiger partial charge in [-0.15, -0.1) is 0 Å². The third-order valence-electron chi connectivity index (χ3n) is 3.20. The summed E-state index contributed by atoms with van der Waals surface area (Å²) >= 11 is 0. The molecule has 1 aromatic carbocycles. The quantitative estimate of drug-likeness (QED) is 0.921. The number of anilines is 1. The van der Waals surface area contributed by atoms with Gasteiger partial charge in [0.25, 0.3) is 0 Å². The first-order valence-corrected chi connectivity index (χ1v) is 6.44. The number of likely N-dealkylation sites (N-methyl/N-ethyl adjacent to an activating group) is 2. The lowest BCUT2D eigenvalue weighted by Gasteiger charge is -2.21. The number of rotatable bonds is 4. The Hall–Kier alpha value is -2.63. The Kier molecular flexibility index (Phi) is 4.07. The molecule has 1 amide bonds. The Morgan fingerprint density at radius 3 is 2.48 bits per heavy atom. The topological polar surface area (TPSA) is 73.7 Å². The van der Waals surface area contributed by atoms with Gasteiger partial charge < -0.3 is 14.9 Å². The molecular formula is C15H17N3O3. The Morgan fingerprint density at radius 1 is 1.19 bits per heavy atom. The SMILES string of the molecule is CN(C)C(=O)CN(C)c1cc(C(=O)O)c2ccccc2n1. The predicted octanol–water partition coefficient (Wildman–Crippen LogP) is 1.46. The van der Waals surface area contributed by atoms with Crippen LogP contribution >= 0.6 is 0 Å². The van der Waals surface area contributed by atoms with Crippen LogP contribution in [-0.4, -0.2) is 54.6 Å². The van der Waals surface area contributed by atoms with Crippen molar-refractivity contribution in [3.63, 3.8) is 0 Å². The fraction of sp³-hybridized carbons (Fsp3) is 0.267. The van der Waals surface area contributed by atoms with Crippen LogP contribution in [0.1, 0.15) is 10.4 Å². The van der Waals surface area contributed by atoms with Gasteiger partial charge in [-0.2, -0.15) is 0 Å². The van der Waals surface area contributed by atoms with Gasteiger partial charge in [0.05, 0.1) is 17.6 Å². The van der Waals surface area contributed by atoms with Crippen molar-refractivity contribution in [1.82, 2.24) is 9.88 Å². The van der Waals surface area contributed by atoms with E-state index in [0.29, 0.717) is 16.7 Å². The molecule has 1 aromatic heterocycles. The van der Waals surface area contributed by atoms with E-state index in [1.165, 1.54) is 11.0 Å². The normalized spacial score (nSPS) is 10.4. The maximum atomic E-state index is 11.7. The molecule has 1 heterocycles. The van der Waals surface area contributed by atoms with Crippen molar-refractivity contribution in [2.45, 2.75) is 0 Å². The van der Waals surface area contributed by atoms with Gasteiger partial charge in [-0.3, -0.25) is 4.79 Å². The Morgan fingerprint density at radius 2 is 1.86 bits per heavy atom. The molecular weight excluding hydrogens is 270 g/mol. The van der Waals surface area contributed by atoms with Gasteiger partial charge in [-0.05, 0) is 12.1 Å². The molecule has 0 spiro atoms. The zero-order valence-electron chi connectivity index (χ0n) is 12.2. The molecule has 0 aliphatic rings. The largest absolute Gasteiger partial charge is 0.478 e. The zero-order valence-corrected chi connectivity index (χ0v) is 12.2. The molecule has 0 radical (unpaired) electrons. The monoisotopic (exact) mass is 287 g/mol. The lowest BCUT2D eigenvalue weighted by molar-refractivity contribution is -0.127. The number of carboxylic acid groups (broad SMARTS) is 1. The van der Waals surface area contributed by atoms with Crippen molar-refractivity contribution in [2.75, 3.05) is 32.6 Å². The van der Waals surface area contributed by atoms with Crippen molar-refractivity contribution >= 4 is 28.6 Å². The summed E-state index contributed by atoms with van der Waals surface area (Å²) in [5.41, 5.74) is 0.774. The lowest BCUT2D eigenvalue weighted by atomic mass is 10.1. The minimum Gasteiger partial charge on any atom is -0.478 e. The highest BCUT2D eigenvalue weighted by Gasteiger charge is 2.15. The average molecular weight is 287 g/mol. The van der Waals surface area contributed by atoms with Gasteiger partial charge >= 0.3 is 5.97 Å². The van der Waals surface area contributed by atoms with Crippen molar-refractivity contribution in [1.29, 1.82) is 0 Å². The summed E-state index contributed by atoms with van der Waals surface area (Å²) in [6, 6.07) is 8.55. The molecule has 1 N–H and O–H groups in total. The Balaban J connectivity index is 2.45. The number of para-hydroxylation sites is 1. The smallest absolute Gasteiger partial charge is 0.336 e. The summed E-state index contributed by atoms with van der Waals surface area (Å²) < 4.78 is 0. The highest BCUT2D eigenvalue weighted by molar-refractivity contribution is 6.03. The molecule has 6 heteroatoms. The first-order valence-electron chi connectivity index (χ1n) is 6.44. The van der Waals surface area contributed by atoms with Crippen LogP contribution in [0.3, 0.4) is 0 Å². The molecule has 0 aliphatic carbocycles. The Labute approximate surface area is 122 Å². The van der Waals surface area contributed by atoms with Gasteiger partial charge in [0.2, 0.25) is 5.91 Å². The molecule has 0 atom stereocenters. The van der Waals surface area contributed by atoms with Crippen LogP contribution in [0.15, 0.2) is 30.3 Å². The first kappa shape index (κ1) is 14.8. The molecule has 21 heavy (non-hydrogen) atoms. The second-order valence-corrected chi connectivity index (χ2v) is 4.99. The molecule has 6 nitrogen and oxygen atoms in total. The molecule has 0 aliphatic heterocycles. The summed E-state index contributed by atoms with van der Waals surface area (Å²) in [6.45, 7) is 0.136. The highest BCUT2D eigenvalue weighted by atomic mass is 16.4. The average Bonchev–Trinajstić information content (AvgIpc) is 2.45. The second-order valence-electron chi connectivity index (χ2n) is 4.99. The van der Waals surface area contributed by atoms with Crippen LogP contribution in [0.25, 0.3) is 10.9 Å². The summed E-state index contributed by atoms with van der Waals surface area (Å²) in [6.07, 6.45) is 0. The number of carbonyl (C=O) groups is 2. The van der Waals surface area contributed by atoms with E-state index in [9.17, 15) is 14.7 Å². The minimum atomic E-state index is -1.01. The molecule has 0 unspecified atom stereocenters. The summed E-state index contributed by atoms with van der Waals surface area (Å²) in [5.74, 6) is -0.632. The van der Waals surface area contributed by atoms with Crippen molar-refractivity contribution < 1.29 is 14.7 Å². The molecule has 0 fully saturated rings. The van der Waals surface area contributed by atoms with Crippen LogP contribution in [-0.2, 0) is 4.79 Å². The van der Waals surface area contributed by atoms with Crippen LogP contribution in [0, 0.1) is 0 Å². The molecule has 0 bridgehead atoms. The van der Waals surface area contributed by atoms with Gasteiger partial charge in [0, 0.05) is 26.5 Å². The predicted molar refractivity (Wildman–Crippen MR) is 80.7 cm³/mol. The van der Waals surface area contributed by atoms with Gasteiger partial charge in [0.15, 0.2) is 0 Å². The van der Waals surface area contributed by atoms with E-state index in [1.54, 1.807) is 50.3 Å². The first-order chi connectivity index (χ1) is 9.90. The fourth-order valence-electron chi connectivity index (χ4n) is 1.96. The van der Waals surface area contributed by atoms with Crippen molar-refractivity contribution in [3.8, 4) is 0 Å². The number of fused-ring (bicyclic) bond motifs is 1. The number of carboxylic acids is 1.